The molecule has 0 radical (unpaired) electrons. The summed E-state index contributed by atoms with van der Waals surface area (Å²) < 4.78 is 27.8. The summed E-state index contributed by atoms with van der Waals surface area (Å²) in [5, 5.41) is 6.61. The molecule has 0 fully saturated rings. The minimum Gasteiger partial charge on any atom is -0.267 e. The molecule has 0 aliphatic rings. The number of hydrogen-bond donors (Lipinski definition) is 1. The number of aromatic amines is 1. The lowest BCUT2D eigenvalue weighted by molar-refractivity contribution is 0.592. The maximum absolute atomic E-state index is 12.8. The van der Waals surface area contributed by atoms with Crippen LogP contribution in [-0.2, 0) is 9.84 Å². The van der Waals surface area contributed by atoms with Gasteiger partial charge in [0.15, 0.2) is 5.65 Å². The number of para-hydroxylation sites is 1. The SMILES string of the molecule is O=c1nc2c(S(=O)(=O)c3ccc(Br)cc3)n[nH]n2c2ccccc12. The lowest BCUT2D eigenvalue weighted by Gasteiger charge is -2.02. The summed E-state index contributed by atoms with van der Waals surface area (Å²) in [7, 11) is -3.91. The molecule has 2 aromatic carbocycles. The molecule has 2 heterocycles. The second-order valence-electron chi connectivity index (χ2n) is 5.07. The predicted octanol–water partition coefficient (Wildman–Crippen LogP) is 2.17. The molecule has 0 saturated heterocycles. The summed E-state index contributed by atoms with van der Waals surface area (Å²) in [6.45, 7) is 0. The minimum atomic E-state index is -3.91. The lowest BCUT2D eigenvalue weighted by Crippen LogP contribution is -2.12. The van der Waals surface area contributed by atoms with Crippen LogP contribution in [0.1, 0.15) is 0 Å². The van der Waals surface area contributed by atoms with Gasteiger partial charge in [0.05, 0.1) is 15.8 Å². The summed E-state index contributed by atoms with van der Waals surface area (Å²) in [5.41, 5.74) is -0.0156. The monoisotopic (exact) mass is 404 g/mol. The third-order valence-corrected chi connectivity index (χ3v) is 5.82. The highest BCUT2D eigenvalue weighted by molar-refractivity contribution is 9.10. The first-order chi connectivity index (χ1) is 11.5. The first-order valence-electron chi connectivity index (χ1n) is 6.85. The first-order valence-corrected chi connectivity index (χ1v) is 9.12. The van der Waals surface area contributed by atoms with Gasteiger partial charge >= 0.3 is 0 Å². The summed E-state index contributed by atoms with van der Waals surface area (Å²) in [6.07, 6.45) is 0. The summed E-state index contributed by atoms with van der Waals surface area (Å²) >= 11 is 3.26. The molecule has 9 heteroatoms. The number of aromatic nitrogens is 4. The van der Waals surface area contributed by atoms with Crippen molar-refractivity contribution in [3.63, 3.8) is 0 Å². The molecule has 0 unspecified atom stereocenters. The Hall–Kier alpha value is -2.52. The van der Waals surface area contributed by atoms with Crippen LogP contribution in [0.25, 0.3) is 16.6 Å². The van der Waals surface area contributed by atoms with Crippen molar-refractivity contribution in [2.24, 2.45) is 0 Å². The van der Waals surface area contributed by atoms with Crippen molar-refractivity contribution < 1.29 is 8.42 Å². The van der Waals surface area contributed by atoms with E-state index in [1.807, 2.05) is 0 Å². The number of nitrogens with one attached hydrogen (secondary N) is 1. The van der Waals surface area contributed by atoms with E-state index in [9.17, 15) is 13.2 Å². The van der Waals surface area contributed by atoms with Gasteiger partial charge < -0.3 is 0 Å². The van der Waals surface area contributed by atoms with Gasteiger partial charge in [-0.2, -0.15) is 4.98 Å². The van der Waals surface area contributed by atoms with E-state index in [0.717, 1.165) is 4.47 Å². The van der Waals surface area contributed by atoms with Gasteiger partial charge in [-0.3, -0.25) is 4.79 Å². The highest BCUT2D eigenvalue weighted by Crippen LogP contribution is 2.24. The van der Waals surface area contributed by atoms with Crippen molar-refractivity contribution in [1.82, 2.24) is 19.8 Å². The summed E-state index contributed by atoms with van der Waals surface area (Å²) in [4.78, 5) is 16.2. The van der Waals surface area contributed by atoms with E-state index in [4.69, 9.17) is 0 Å². The second kappa shape index (κ2) is 5.25. The van der Waals surface area contributed by atoms with Crippen LogP contribution in [0.5, 0.6) is 0 Å². The average Bonchev–Trinajstić information content (AvgIpc) is 3.00. The number of hydrogen-bond acceptors (Lipinski definition) is 5. The molecule has 7 nitrogen and oxygen atoms in total. The predicted molar refractivity (Wildman–Crippen MR) is 90.7 cm³/mol. The van der Waals surface area contributed by atoms with Gasteiger partial charge in [-0.05, 0) is 36.4 Å². The van der Waals surface area contributed by atoms with E-state index < -0.39 is 15.4 Å². The number of nitrogens with zero attached hydrogens (tertiary/aromatic N) is 3. The Morgan fingerprint density at radius 3 is 2.50 bits per heavy atom. The van der Waals surface area contributed by atoms with E-state index in [-0.39, 0.29) is 15.6 Å². The van der Waals surface area contributed by atoms with E-state index in [1.165, 1.54) is 16.6 Å². The van der Waals surface area contributed by atoms with Crippen LogP contribution in [0.2, 0.25) is 0 Å². The topological polar surface area (TPSA) is 97.2 Å². The van der Waals surface area contributed by atoms with Crippen LogP contribution in [0.15, 0.2) is 67.7 Å². The average molecular weight is 405 g/mol. The van der Waals surface area contributed by atoms with Crippen LogP contribution in [0.3, 0.4) is 0 Å². The Balaban J connectivity index is 2.05. The molecule has 120 valence electrons. The summed E-state index contributed by atoms with van der Waals surface area (Å²) in [6, 6.07) is 13.0. The number of sulfone groups is 1. The van der Waals surface area contributed by atoms with Crippen LogP contribution in [0.4, 0.5) is 0 Å². The smallest absolute Gasteiger partial charge is 0.267 e. The Morgan fingerprint density at radius 1 is 1.04 bits per heavy atom. The Kier molecular flexibility index (Phi) is 3.29. The van der Waals surface area contributed by atoms with E-state index in [2.05, 4.69) is 31.2 Å². The Labute approximate surface area is 144 Å². The largest absolute Gasteiger partial charge is 0.281 e. The Bertz CT molecular complexity index is 1240. The normalized spacial score (nSPS) is 12.0. The standard InChI is InChI=1S/C15H9BrN4O3S/c16-9-5-7-10(8-6-9)24(22,23)15-13-17-14(21)11-3-1-2-4-12(11)20(13)19-18-15/h1-8,19H. The number of halogens is 1. The van der Waals surface area contributed by atoms with Gasteiger partial charge in [0.2, 0.25) is 14.9 Å². The molecule has 2 aromatic heterocycles. The molecule has 4 aromatic rings. The molecule has 0 aliphatic carbocycles. The van der Waals surface area contributed by atoms with Gasteiger partial charge in [-0.15, -0.1) is 5.10 Å². The van der Waals surface area contributed by atoms with Gasteiger partial charge in [0.25, 0.3) is 5.56 Å². The van der Waals surface area contributed by atoms with Crippen molar-refractivity contribution in [3.8, 4) is 0 Å². The Morgan fingerprint density at radius 2 is 1.75 bits per heavy atom. The molecule has 4 rings (SSSR count). The quantitative estimate of drug-likeness (QED) is 0.551. The first kappa shape index (κ1) is 15.0. The van der Waals surface area contributed by atoms with Crippen molar-refractivity contribution in [2.45, 2.75) is 9.92 Å². The zero-order valence-corrected chi connectivity index (χ0v) is 14.4. The molecule has 0 bridgehead atoms. The molecule has 0 amide bonds. The van der Waals surface area contributed by atoms with Gasteiger partial charge in [0, 0.05) is 4.47 Å². The molecule has 0 atom stereocenters. The van der Waals surface area contributed by atoms with E-state index in [1.54, 1.807) is 36.4 Å². The number of fused-ring (bicyclic) bond motifs is 3. The number of benzene rings is 2. The van der Waals surface area contributed by atoms with Crippen LogP contribution < -0.4 is 5.56 Å². The van der Waals surface area contributed by atoms with Crippen molar-refractivity contribution in [1.29, 1.82) is 0 Å². The molecule has 0 aliphatic heterocycles. The molecule has 0 saturated carbocycles. The maximum Gasteiger partial charge on any atom is 0.281 e. The maximum atomic E-state index is 12.8. The van der Waals surface area contributed by atoms with Crippen molar-refractivity contribution in [3.05, 3.63) is 63.4 Å². The third-order valence-electron chi connectivity index (χ3n) is 3.62. The fraction of sp³-hybridized carbons (Fsp3) is 0. The minimum absolute atomic E-state index is 0.0263. The zero-order valence-electron chi connectivity index (χ0n) is 12.0. The van der Waals surface area contributed by atoms with Crippen LogP contribution in [0, 0.1) is 0 Å². The molecule has 0 spiro atoms. The fourth-order valence-corrected chi connectivity index (χ4v) is 3.99. The second-order valence-corrected chi connectivity index (χ2v) is 7.85. The number of H-pyrrole nitrogens is 1. The third kappa shape index (κ3) is 2.16. The molecule has 24 heavy (non-hydrogen) atoms. The fourth-order valence-electron chi connectivity index (χ4n) is 2.47. The van der Waals surface area contributed by atoms with Crippen molar-refractivity contribution in [2.75, 3.05) is 0 Å². The van der Waals surface area contributed by atoms with E-state index >= 15 is 0 Å². The summed E-state index contributed by atoms with van der Waals surface area (Å²) in [5.74, 6) is 0. The lowest BCUT2D eigenvalue weighted by atomic mass is 10.2. The van der Waals surface area contributed by atoms with Gasteiger partial charge in [-0.1, -0.05) is 28.1 Å². The van der Waals surface area contributed by atoms with E-state index in [0.29, 0.717) is 10.9 Å². The highest BCUT2D eigenvalue weighted by atomic mass is 79.9. The van der Waals surface area contributed by atoms with Crippen molar-refractivity contribution >= 4 is 42.3 Å². The highest BCUT2D eigenvalue weighted by Gasteiger charge is 2.26. The van der Waals surface area contributed by atoms with Crippen LogP contribution in [-0.4, -0.2) is 28.2 Å². The molecule has 1 N–H and O–H groups in total. The van der Waals surface area contributed by atoms with Crippen LogP contribution >= 0.6 is 15.9 Å². The number of rotatable bonds is 2. The molecular formula is C15H9BrN4O3S. The zero-order chi connectivity index (χ0) is 16.9. The van der Waals surface area contributed by atoms with Gasteiger partial charge in [-0.25, -0.2) is 18.1 Å². The van der Waals surface area contributed by atoms with Gasteiger partial charge in [0.1, 0.15) is 0 Å². The molecular weight excluding hydrogens is 396 g/mol.